The standard InChI is InChI=1S/C41H51N7O17S/c1-41(2,29-62-40(50)60-24-11-5-7-13-26-64-48(53)54)30-17-19-31(20-18-30)66(55,56)46-35-34(65-33-16-9-8-15-32(33)57-3)38(45-37(44-35)36-42-21-14-22-43-36)58-27-28-61-39(49)59-23-10-4-6-12-25-63-47(51)52/h8-9,14-22H,4-7,10-13,23-29H2,1-3H3,(H,44,45,46). The largest absolute Gasteiger partial charge is 0.508 e. The van der Waals surface area contributed by atoms with E-state index in [4.69, 9.17) is 33.2 Å². The van der Waals surface area contributed by atoms with Crippen LogP contribution in [0.15, 0.2) is 71.9 Å². The molecule has 0 aliphatic rings. The van der Waals surface area contributed by atoms with E-state index in [0.29, 0.717) is 56.9 Å². The van der Waals surface area contributed by atoms with Gasteiger partial charge in [-0.2, -0.15) is 4.98 Å². The minimum absolute atomic E-state index is 0.000411. The third-order valence-electron chi connectivity index (χ3n) is 9.06. The molecule has 2 aromatic heterocycles. The van der Waals surface area contributed by atoms with Crippen LogP contribution in [0.25, 0.3) is 11.6 Å². The predicted molar refractivity (Wildman–Crippen MR) is 229 cm³/mol. The van der Waals surface area contributed by atoms with Crippen LogP contribution in [-0.4, -0.2) is 104 Å². The van der Waals surface area contributed by atoms with Gasteiger partial charge in [0.2, 0.25) is 11.6 Å². The van der Waals surface area contributed by atoms with Crippen molar-refractivity contribution in [2.24, 2.45) is 0 Å². The van der Waals surface area contributed by atoms with Crippen LogP contribution in [0.3, 0.4) is 0 Å². The quantitative estimate of drug-likeness (QED) is 0.0237. The van der Waals surface area contributed by atoms with Gasteiger partial charge in [-0.3, -0.25) is 4.72 Å². The third kappa shape index (κ3) is 17.7. The molecule has 2 heterocycles. The van der Waals surface area contributed by atoms with Gasteiger partial charge in [0.25, 0.3) is 26.1 Å². The molecule has 358 valence electrons. The lowest BCUT2D eigenvalue weighted by atomic mass is 9.86. The third-order valence-corrected chi connectivity index (χ3v) is 10.4. The van der Waals surface area contributed by atoms with Crippen molar-refractivity contribution in [2.75, 3.05) is 58.1 Å². The highest BCUT2D eigenvalue weighted by atomic mass is 32.2. The Hall–Kier alpha value is -7.31. The Kier molecular flexibility index (Phi) is 20.6. The summed E-state index contributed by atoms with van der Waals surface area (Å²) in [6.45, 7) is 3.00. The first-order valence-electron chi connectivity index (χ1n) is 20.6. The number of hydrogen-bond acceptors (Lipinski definition) is 21. The van der Waals surface area contributed by atoms with E-state index >= 15 is 0 Å². The lowest BCUT2D eigenvalue weighted by Crippen LogP contribution is -2.27. The fraction of sp³-hybridized carbons (Fsp3) is 0.463. The number of rotatable bonds is 30. The van der Waals surface area contributed by atoms with Crippen molar-refractivity contribution in [3.63, 3.8) is 0 Å². The Morgan fingerprint density at radius 2 is 1.21 bits per heavy atom. The first kappa shape index (κ1) is 51.3. The lowest BCUT2D eigenvalue weighted by molar-refractivity contribution is -0.757. The second kappa shape index (κ2) is 26.5. The van der Waals surface area contributed by atoms with Crippen molar-refractivity contribution in [1.82, 2.24) is 19.9 Å². The van der Waals surface area contributed by atoms with Gasteiger partial charge in [-0.05, 0) is 74.4 Å². The number of nitrogens with zero attached hydrogens (tertiary/aromatic N) is 6. The molecule has 0 saturated carbocycles. The van der Waals surface area contributed by atoms with E-state index in [-0.39, 0.29) is 91.7 Å². The number of hydrogen-bond donors (Lipinski definition) is 1. The second-order valence-corrected chi connectivity index (χ2v) is 16.2. The highest BCUT2D eigenvalue weighted by Crippen LogP contribution is 2.41. The number of benzene rings is 2. The molecule has 0 unspecified atom stereocenters. The summed E-state index contributed by atoms with van der Waals surface area (Å²) in [5, 5.41) is 18.8. The average Bonchev–Trinajstić information content (AvgIpc) is 3.29. The van der Waals surface area contributed by atoms with E-state index in [2.05, 4.69) is 34.3 Å². The van der Waals surface area contributed by atoms with Crippen LogP contribution < -0.4 is 18.9 Å². The zero-order valence-electron chi connectivity index (χ0n) is 36.5. The summed E-state index contributed by atoms with van der Waals surface area (Å²) in [7, 11) is -3.02. The molecule has 0 radical (unpaired) electrons. The summed E-state index contributed by atoms with van der Waals surface area (Å²) in [5.41, 5.74) is -0.137. The van der Waals surface area contributed by atoms with Crippen molar-refractivity contribution in [3.05, 3.63) is 92.8 Å². The molecule has 0 bridgehead atoms. The van der Waals surface area contributed by atoms with E-state index in [0.717, 1.165) is 0 Å². The number of carbonyl (C=O) groups is 2. The van der Waals surface area contributed by atoms with Crippen molar-refractivity contribution in [3.8, 4) is 34.8 Å². The van der Waals surface area contributed by atoms with Gasteiger partial charge in [-0.25, -0.2) is 33.0 Å². The van der Waals surface area contributed by atoms with Gasteiger partial charge >= 0.3 is 12.3 Å². The number of unbranched alkanes of at least 4 members (excludes halogenated alkanes) is 6. The molecule has 66 heavy (non-hydrogen) atoms. The Balaban J connectivity index is 1.47. The van der Waals surface area contributed by atoms with E-state index in [1.165, 1.54) is 31.6 Å². The molecule has 0 aliphatic carbocycles. The first-order valence-corrected chi connectivity index (χ1v) is 22.1. The molecule has 24 nitrogen and oxygen atoms in total. The first-order chi connectivity index (χ1) is 31.7. The topological polar surface area (TPSA) is 301 Å². The van der Waals surface area contributed by atoms with Gasteiger partial charge < -0.3 is 42.8 Å². The maximum Gasteiger partial charge on any atom is 0.508 e. The molecular weight excluding hydrogens is 895 g/mol. The minimum atomic E-state index is -4.44. The molecular formula is C41H51N7O17S. The molecule has 0 aliphatic heterocycles. The van der Waals surface area contributed by atoms with Gasteiger partial charge in [-0.15, -0.1) is 20.2 Å². The number of carbonyl (C=O) groups excluding carboxylic acids is 2. The lowest BCUT2D eigenvalue weighted by Gasteiger charge is -2.25. The summed E-state index contributed by atoms with van der Waals surface area (Å²) in [4.78, 5) is 70.6. The minimum Gasteiger partial charge on any atom is -0.493 e. The van der Waals surface area contributed by atoms with Crippen molar-refractivity contribution in [1.29, 1.82) is 0 Å². The van der Waals surface area contributed by atoms with E-state index in [9.17, 15) is 38.2 Å². The van der Waals surface area contributed by atoms with E-state index in [1.807, 2.05) is 0 Å². The maximum atomic E-state index is 14.1. The summed E-state index contributed by atoms with van der Waals surface area (Å²) in [6, 6.07) is 13.9. The Labute approximate surface area is 379 Å². The maximum absolute atomic E-state index is 14.1. The normalized spacial score (nSPS) is 11.1. The Bertz CT molecular complexity index is 2290. The smallest absolute Gasteiger partial charge is 0.493 e. The van der Waals surface area contributed by atoms with Crippen LogP contribution in [0, 0.1) is 20.2 Å². The van der Waals surface area contributed by atoms with Crippen LogP contribution in [-0.2, 0) is 44.1 Å². The van der Waals surface area contributed by atoms with Gasteiger partial charge in [0.15, 0.2) is 23.1 Å². The molecule has 0 spiro atoms. The summed E-state index contributed by atoms with van der Waals surface area (Å²) in [5.74, 6) is -0.695. The SMILES string of the molecule is COc1ccccc1Oc1c(NS(=O)(=O)c2ccc(C(C)(C)COC(=O)OCCCCCCO[N+](=O)[O-])cc2)nc(-c2ncccn2)nc1OCCOC(=O)OCCCCCCO[N+](=O)[O-]. The molecule has 0 fully saturated rings. The number of para-hydroxylation sites is 2. The van der Waals surface area contributed by atoms with Crippen LogP contribution in [0.1, 0.15) is 70.8 Å². The zero-order valence-corrected chi connectivity index (χ0v) is 37.3. The number of anilines is 1. The summed E-state index contributed by atoms with van der Waals surface area (Å²) >= 11 is 0. The fourth-order valence-corrected chi connectivity index (χ4v) is 6.67. The van der Waals surface area contributed by atoms with Crippen molar-refractivity contribution < 1.29 is 71.0 Å². The van der Waals surface area contributed by atoms with Crippen molar-refractivity contribution in [2.45, 2.75) is 75.5 Å². The van der Waals surface area contributed by atoms with Gasteiger partial charge in [-0.1, -0.05) is 51.0 Å². The van der Waals surface area contributed by atoms with Gasteiger partial charge in [0, 0.05) is 17.8 Å². The number of ether oxygens (including phenoxy) is 7. The monoisotopic (exact) mass is 945 g/mol. The van der Waals surface area contributed by atoms with Gasteiger partial charge in [0.1, 0.15) is 19.8 Å². The van der Waals surface area contributed by atoms with Gasteiger partial charge in [0.05, 0.1) is 38.4 Å². The van der Waals surface area contributed by atoms with E-state index in [1.54, 1.807) is 56.3 Å². The fourth-order valence-electron chi connectivity index (χ4n) is 5.66. The number of methoxy groups -OCH3 is 1. The summed E-state index contributed by atoms with van der Waals surface area (Å²) in [6.07, 6.45) is 5.62. The Morgan fingerprint density at radius 1 is 0.667 bits per heavy atom. The van der Waals surface area contributed by atoms with Crippen LogP contribution in [0.4, 0.5) is 15.4 Å². The van der Waals surface area contributed by atoms with Crippen LogP contribution in [0.5, 0.6) is 23.1 Å². The van der Waals surface area contributed by atoms with Crippen LogP contribution in [0.2, 0.25) is 0 Å². The molecule has 1 N–H and O–H groups in total. The molecule has 4 rings (SSSR count). The highest BCUT2D eigenvalue weighted by molar-refractivity contribution is 7.92. The predicted octanol–water partition coefficient (Wildman–Crippen LogP) is 7.04. The summed E-state index contributed by atoms with van der Waals surface area (Å²) < 4.78 is 68.9. The second-order valence-electron chi connectivity index (χ2n) is 14.5. The number of aromatic nitrogens is 4. The molecule has 0 atom stereocenters. The van der Waals surface area contributed by atoms with Crippen LogP contribution >= 0.6 is 0 Å². The number of sulfonamides is 1. The molecule has 4 aromatic rings. The molecule has 0 amide bonds. The molecule has 25 heteroatoms. The number of nitrogens with one attached hydrogen (secondary N) is 1. The highest BCUT2D eigenvalue weighted by Gasteiger charge is 2.28. The Morgan fingerprint density at radius 3 is 1.79 bits per heavy atom. The van der Waals surface area contributed by atoms with E-state index < -0.39 is 37.9 Å². The zero-order chi connectivity index (χ0) is 47.8. The average molecular weight is 946 g/mol. The van der Waals surface area contributed by atoms with Crippen molar-refractivity contribution >= 4 is 28.2 Å². The molecule has 0 saturated heterocycles. The molecule has 2 aromatic carbocycles.